The second kappa shape index (κ2) is 12.3. The Bertz CT molecular complexity index is 1890. The topological polar surface area (TPSA) is 130 Å². The molecule has 0 amide bonds. The van der Waals surface area contributed by atoms with Crippen LogP contribution in [0.5, 0.6) is 46.0 Å². The molecule has 0 bridgehead atoms. The quantitative estimate of drug-likeness (QED) is 0.239. The monoisotopic (exact) mass is 638 g/mol. The molecule has 3 aliphatic heterocycles. The third kappa shape index (κ3) is 5.78. The highest BCUT2D eigenvalue weighted by Crippen LogP contribution is 2.52. The molecule has 0 spiro atoms. The van der Waals surface area contributed by atoms with Crippen LogP contribution in [0.3, 0.4) is 0 Å². The molecular weight excluding hydrogens is 604 g/mol. The molecule has 47 heavy (non-hydrogen) atoms. The fourth-order valence-corrected chi connectivity index (χ4v) is 5.85. The second-order valence-electron chi connectivity index (χ2n) is 11.7. The van der Waals surface area contributed by atoms with Gasteiger partial charge in [-0.2, -0.15) is 0 Å². The Morgan fingerprint density at radius 3 is 2.28 bits per heavy atom. The first kappa shape index (κ1) is 31.3. The van der Waals surface area contributed by atoms with Crippen LogP contribution in [0.15, 0.2) is 72.8 Å². The van der Waals surface area contributed by atoms with Gasteiger partial charge in [-0.05, 0) is 44.2 Å². The van der Waals surface area contributed by atoms with Crippen LogP contribution in [0.25, 0.3) is 6.08 Å². The van der Waals surface area contributed by atoms with Crippen LogP contribution in [0.2, 0.25) is 0 Å². The Morgan fingerprint density at radius 1 is 0.872 bits per heavy atom. The van der Waals surface area contributed by atoms with Gasteiger partial charge in [0.1, 0.15) is 58.4 Å². The normalized spacial score (nSPS) is 17.9. The van der Waals surface area contributed by atoms with Gasteiger partial charge in [-0.3, -0.25) is 9.59 Å². The summed E-state index contributed by atoms with van der Waals surface area (Å²) in [5, 5.41) is 20.4. The van der Waals surface area contributed by atoms with Crippen LogP contribution in [-0.2, 0) is 0 Å². The number of ketones is 2. The molecule has 0 radical (unpaired) electrons. The molecule has 0 fully saturated rings. The van der Waals surface area contributed by atoms with Gasteiger partial charge in [0.2, 0.25) is 0 Å². The van der Waals surface area contributed by atoms with Gasteiger partial charge in [-0.25, -0.2) is 0 Å². The minimum atomic E-state index is -0.630. The Morgan fingerprint density at radius 2 is 1.60 bits per heavy atom. The fraction of sp³-hybridized carbons (Fsp3) is 0.243. The molecule has 242 valence electrons. The van der Waals surface area contributed by atoms with Gasteiger partial charge < -0.3 is 38.6 Å². The lowest BCUT2D eigenvalue weighted by molar-refractivity contribution is 0.0547. The number of phenols is 2. The fourth-order valence-electron chi connectivity index (χ4n) is 5.85. The van der Waals surface area contributed by atoms with Gasteiger partial charge in [0.25, 0.3) is 0 Å². The zero-order chi connectivity index (χ0) is 33.5. The van der Waals surface area contributed by atoms with E-state index in [2.05, 4.69) is 0 Å². The van der Waals surface area contributed by atoms with Crippen molar-refractivity contribution in [3.63, 3.8) is 0 Å². The Labute approximate surface area is 271 Å². The van der Waals surface area contributed by atoms with Crippen LogP contribution in [0.1, 0.15) is 57.2 Å². The lowest BCUT2D eigenvalue weighted by Gasteiger charge is -2.39. The highest BCUT2D eigenvalue weighted by Gasteiger charge is 2.46. The van der Waals surface area contributed by atoms with Crippen molar-refractivity contribution in [1.29, 1.82) is 0 Å². The van der Waals surface area contributed by atoms with E-state index in [0.29, 0.717) is 51.2 Å². The smallest absolute Gasteiger partial charge is 0.196 e. The maximum absolute atomic E-state index is 13.6. The Hall–Kier alpha value is -5.64. The largest absolute Gasteiger partial charge is 0.507 e. The summed E-state index contributed by atoms with van der Waals surface area (Å²) in [7, 11) is 4.58. The summed E-state index contributed by atoms with van der Waals surface area (Å²) >= 11 is 0. The minimum Gasteiger partial charge on any atom is -0.507 e. The highest BCUT2D eigenvalue weighted by molar-refractivity contribution is 6.11. The van der Waals surface area contributed by atoms with E-state index in [1.165, 1.54) is 26.4 Å². The molecule has 2 unspecified atom stereocenters. The summed E-state index contributed by atoms with van der Waals surface area (Å²) in [6.45, 7) is 4.02. The van der Waals surface area contributed by atoms with Crippen LogP contribution >= 0.6 is 0 Å². The number of benzene rings is 4. The zero-order valence-corrected chi connectivity index (χ0v) is 26.5. The number of carbonyl (C=O) groups excluding carboxylic acids is 2. The van der Waals surface area contributed by atoms with Crippen molar-refractivity contribution in [2.45, 2.75) is 31.5 Å². The van der Waals surface area contributed by atoms with E-state index in [-0.39, 0.29) is 40.8 Å². The van der Waals surface area contributed by atoms with Crippen molar-refractivity contribution in [2.24, 2.45) is 0 Å². The molecule has 3 heterocycles. The summed E-state index contributed by atoms with van der Waals surface area (Å²) in [6, 6.07) is 18.4. The predicted molar refractivity (Wildman–Crippen MR) is 173 cm³/mol. The van der Waals surface area contributed by atoms with Crippen molar-refractivity contribution in [1.82, 2.24) is 0 Å². The number of ether oxygens (including phenoxy) is 6. The second-order valence-corrected chi connectivity index (χ2v) is 11.7. The average Bonchev–Trinajstić information content (AvgIpc) is 3.07. The molecule has 7 rings (SSSR count). The first-order chi connectivity index (χ1) is 22.5. The summed E-state index contributed by atoms with van der Waals surface area (Å²) < 4.78 is 33.8. The maximum atomic E-state index is 13.6. The molecule has 0 saturated carbocycles. The van der Waals surface area contributed by atoms with Gasteiger partial charge in [-0.1, -0.05) is 30.3 Å². The van der Waals surface area contributed by atoms with Crippen molar-refractivity contribution in [3.8, 4) is 46.0 Å². The van der Waals surface area contributed by atoms with Crippen LogP contribution < -0.4 is 28.4 Å². The molecule has 0 saturated heterocycles. The molecule has 2 N–H and O–H groups in total. The standard InChI is InChI=1S/C23H22O7.C14H12O3/c1-23(2)6-5-11-15(30-23)8-13(24)20-21(25)19-12-7-16(26-3)17(27-4)9-14(12)28-10-18(19)29-22(11)20;1-17-11-7-8-12(13(15)9-11)14(16)10-5-3-2-4-6-10/h5-9,18-19,24H,10H2,1-4H3;2-9,15H,1H3. The number of carbonyl (C=O) groups is 2. The van der Waals surface area contributed by atoms with E-state index in [9.17, 15) is 19.8 Å². The van der Waals surface area contributed by atoms with Crippen molar-refractivity contribution in [3.05, 3.63) is 101 Å². The molecule has 4 aromatic carbocycles. The van der Waals surface area contributed by atoms with E-state index in [1.807, 2.05) is 32.1 Å². The Kier molecular flexibility index (Phi) is 8.19. The van der Waals surface area contributed by atoms with Crippen LogP contribution in [0, 0.1) is 0 Å². The third-order valence-corrected chi connectivity index (χ3v) is 8.20. The number of hydrogen-bond donors (Lipinski definition) is 2. The van der Waals surface area contributed by atoms with Crippen molar-refractivity contribution >= 4 is 17.6 Å². The number of phenolic OH excluding ortho intramolecular Hbond substituents is 2. The van der Waals surface area contributed by atoms with E-state index in [1.54, 1.807) is 55.6 Å². The molecule has 0 aromatic heterocycles. The first-order valence-corrected chi connectivity index (χ1v) is 14.9. The summed E-state index contributed by atoms with van der Waals surface area (Å²) in [4.78, 5) is 25.6. The van der Waals surface area contributed by atoms with Crippen molar-refractivity contribution in [2.75, 3.05) is 27.9 Å². The summed E-state index contributed by atoms with van der Waals surface area (Å²) in [5.74, 6) is 1.59. The van der Waals surface area contributed by atoms with E-state index < -0.39 is 17.6 Å². The van der Waals surface area contributed by atoms with Gasteiger partial charge in [-0.15, -0.1) is 0 Å². The number of aromatic hydroxyl groups is 2. The van der Waals surface area contributed by atoms with Gasteiger partial charge >= 0.3 is 0 Å². The molecule has 2 atom stereocenters. The van der Waals surface area contributed by atoms with Gasteiger partial charge in [0, 0.05) is 29.3 Å². The molecule has 10 nitrogen and oxygen atoms in total. The van der Waals surface area contributed by atoms with Gasteiger partial charge in [0.15, 0.2) is 23.1 Å². The van der Waals surface area contributed by atoms with Crippen LogP contribution in [-0.4, -0.2) is 61.4 Å². The molecule has 10 heteroatoms. The summed E-state index contributed by atoms with van der Waals surface area (Å²) in [5.41, 5.74) is 1.75. The highest BCUT2D eigenvalue weighted by atomic mass is 16.5. The van der Waals surface area contributed by atoms with Gasteiger partial charge in [0.05, 0.1) is 38.4 Å². The number of Topliss-reactive ketones (excluding diaryl/α,β-unsaturated/α-hetero) is 1. The SMILES string of the molecule is COc1cc2c(cc1OC)C1C(=O)c3c(O)cc4c(c3OC1CO2)C=CC(C)(C)O4.COc1ccc(C(=O)c2ccccc2)c(O)c1. The number of hydrogen-bond acceptors (Lipinski definition) is 10. The predicted octanol–water partition coefficient (Wildman–Crippen LogP) is 6.35. The molecule has 3 aliphatic rings. The van der Waals surface area contributed by atoms with Crippen LogP contribution in [0.4, 0.5) is 0 Å². The molecular formula is C37H34O10. The van der Waals surface area contributed by atoms with E-state index >= 15 is 0 Å². The lowest BCUT2D eigenvalue weighted by atomic mass is 9.80. The van der Waals surface area contributed by atoms with Crippen molar-refractivity contribution < 1.29 is 48.2 Å². The van der Waals surface area contributed by atoms with E-state index in [0.717, 1.165) is 0 Å². The Balaban J connectivity index is 0.000000193. The molecule has 4 aromatic rings. The van der Waals surface area contributed by atoms with E-state index in [4.69, 9.17) is 28.4 Å². The number of rotatable bonds is 5. The number of fused-ring (bicyclic) bond motifs is 6. The number of methoxy groups -OCH3 is 3. The lowest BCUT2D eigenvalue weighted by Crippen LogP contribution is -2.43. The average molecular weight is 639 g/mol. The maximum Gasteiger partial charge on any atom is 0.196 e. The zero-order valence-electron chi connectivity index (χ0n) is 26.5. The minimum absolute atomic E-state index is 0.0711. The third-order valence-electron chi connectivity index (χ3n) is 8.20. The first-order valence-electron chi connectivity index (χ1n) is 14.9. The summed E-state index contributed by atoms with van der Waals surface area (Å²) in [6.07, 6.45) is 3.23. The molecule has 0 aliphatic carbocycles.